The largest absolute Gasteiger partial charge is 0.326 e. The van der Waals surface area contributed by atoms with E-state index in [9.17, 15) is 0 Å². The highest BCUT2D eigenvalue weighted by Gasteiger charge is 2.03. The van der Waals surface area contributed by atoms with Gasteiger partial charge in [0.05, 0.1) is 3.79 Å². The van der Waals surface area contributed by atoms with Gasteiger partial charge in [-0.15, -0.1) is 22.7 Å². The summed E-state index contributed by atoms with van der Waals surface area (Å²) in [7, 11) is 0. The summed E-state index contributed by atoms with van der Waals surface area (Å²) in [5.41, 5.74) is 5.55. The lowest BCUT2D eigenvalue weighted by molar-refractivity contribution is 1.11. The van der Waals surface area contributed by atoms with Crippen molar-refractivity contribution in [2.24, 2.45) is 5.73 Å². The number of nitrogens with two attached hydrogens (primary N) is 1. The topological polar surface area (TPSA) is 26.0 Å². The van der Waals surface area contributed by atoms with Gasteiger partial charge < -0.3 is 5.73 Å². The van der Waals surface area contributed by atoms with Crippen molar-refractivity contribution in [1.82, 2.24) is 0 Å². The Morgan fingerprint density at radius 2 is 1.77 bits per heavy atom. The summed E-state index contributed by atoms with van der Waals surface area (Å²) < 4.78 is 1.17. The van der Waals surface area contributed by atoms with E-state index in [1.165, 1.54) is 18.4 Å². The van der Waals surface area contributed by atoms with Crippen LogP contribution in [0.3, 0.4) is 0 Å². The second kappa shape index (κ2) is 3.92. The van der Waals surface area contributed by atoms with Crippen molar-refractivity contribution in [2.75, 3.05) is 0 Å². The molecule has 0 atom stereocenters. The predicted octanol–water partition coefficient (Wildman–Crippen LogP) is 3.70. The molecule has 0 amide bonds. The molecule has 4 heteroatoms. The second-order valence-electron chi connectivity index (χ2n) is 2.57. The van der Waals surface area contributed by atoms with E-state index in [-0.39, 0.29) is 0 Å². The smallest absolute Gasteiger partial charge is 0.0705 e. The zero-order chi connectivity index (χ0) is 9.26. The van der Waals surface area contributed by atoms with Crippen LogP contribution < -0.4 is 5.73 Å². The molecule has 2 N–H and O–H groups in total. The van der Waals surface area contributed by atoms with Crippen molar-refractivity contribution in [3.63, 3.8) is 0 Å². The fraction of sp³-hybridized carbons (Fsp3) is 0.111. The molecule has 0 fully saturated rings. The highest BCUT2D eigenvalue weighted by molar-refractivity contribution is 9.11. The third-order valence-corrected chi connectivity index (χ3v) is 4.61. The number of thiophene rings is 2. The van der Waals surface area contributed by atoms with Gasteiger partial charge in [-0.1, -0.05) is 0 Å². The van der Waals surface area contributed by atoms with Gasteiger partial charge in [-0.05, 0) is 40.2 Å². The Labute approximate surface area is 93.3 Å². The van der Waals surface area contributed by atoms with Crippen molar-refractivity contribution in [2.45, 2.75) is 6.54 Å². The molecule has 13 heavy (non-hydrogen) atoms. The number of rotatable bonds is 2. The van der Waals surface area contributed by atoms with Crippen LogP contribution in [-0.2, 0) is 6.54 Å². The summed E-state index contributed by atoms with van der Waals surface area (Å²) in [6.07, 6.45) is 0. The van der Waals surface area contributed by atoms with Crippen molar-refractivity contribution >= 4 is 38.6 Å². The first-order valence-electron chi connectivity index (χ1n) is 3.84. The van der Waals surface area contributed by atoms with Crippen LogP contribution in [0.15, 0.2) is 28.1 Å². The lowest BCUT2D eigenvalue weighted by Gasteiger charge is -1.88. The lowest BCUT2D eigenvalue weighted by Crippen LogP contribution is -1.90. The highest BCUT2D eigenvalue weighted by atomic mass is 79.9. The van der Waals surface area contributed by atoms with Gasteiger partial charge in [-0.25, -0.2) is 0 Å². The highest BCUT2D eigenvalue weighted by Crippen LogP contribution is 2.35. The van der Waals surface area contributed by atoms with E-state index in [0.29, 0.717) is 6.54 Å². The van der Waals surface area contributed by atoms with Gasteiger partial charge in [0.25, 0.3) is 0 Å². The van der Waals surface area contributed by atoms with Crippen LogP contribution in [0.2, 0.25) is 0 Å². The van der Waals surface area contributed by atoms with Gasteiger partial charge in [0.1, 0.15) is 0 Å². The Balaban J connectivity index is 2.35. The van der Waals surface area contributed by atoms with Crippen molar-refractivity contribution in [3.8, 4) is 9.75 Å². The first kappa shape index (κ1) is 9.40. The Morgan fingerprint density at radius 3 is 2.31 bits per heavy atom. The van der Waals surface area contributed by atoms with E-state index >= 15 is 0 Å². The van der Waals surface area contributed by atoms with E-state index in [2.05, 4.69) is 40.2 Å². The molecule has 0 aliphatic rings. The van der Waals surface area contributed by atoms with E-state index in [1.807, 2.05) is 0 Å². The maximum Gasteiger partial charge on any atom is 0.0705 e. The normalized spacial score (nSPS) is 10.6. The van der Waals surface area contributed by atoms with Crippen LogP contribution >= 0.6 is 38.6 Å². The monoisotopic (exact) mass is 273 g/mol. The molecule has 0 saturated heterocycles. The van der Waals surface area contributed by atoms with Crippen molar-refractivity contribution < 1.29 is 0 Å². The molecule has 2 heterocycles. The van der Waals surface area contributed by atoms with Crippen LogP contribution in [-0.4, -0.2) is 0 Å². The molecule has 1 nitrogen and oxygen atoms in total. The van der Waals surface area contributed by atoms with Gasteiger partial charge in [-0.3, -0.25) is 0 Å². The van der Waals surface area contributed by atoms with Crippen LogP contribution in [0, 0.1) is 0 Å². The first-order chi connectivity index (χ1) is 6.29. The van der Waals surface area contributed by atoms with Gasteiger partial charge in [-0.2, -0.15) is 0 Å². The van der Waals surface area contributed by atoms with Gasteiger partial charge in [0, 0.05) is 21.2 Å². The summed E-state index contributed by atoms with van der Waals surface area (Å²) in [5.74, 6) is 0. The molecule has 2 aromatic rings. The SMILES string of the molecule is NCc1ccc(-c2ccc(Br)s2)s1. The summed E-state index contributed by atoms with van der Waals surface area (Å²) in [4.78, 5) is 3.84. The first-order valence-corrected chi connectivity index (χ1v) is 6.26. The van der Waals surface area contributed by atoms with Crippen molar-refractivity contribution in [1.29, 1.82) is 0 Å². The fourth-order valence-electron chi connectivity index (χ4n) is 1.07. The quantitative estimate of drug-likeness (QED) is 0.887. The summed E-state index contributed by atoms with van der Waals surface area (Å²) in [6, 6.07) is 8.42. The fourth-order valence-corrected chi connectivity index (χ4v) is 3.43. The summed E-state index contributed by atoms with van der Waals surface area (Å²) in [6.45, 7) is 0.636. The third-order valence-electron chi connectivity index (χ3n) is 1.68. The van der Waals surface area contributed by atoms with Crippen molar-refractivity contribution in [3.05, 3.63) is 32.9 Å². The Bertz CT molecular complexity index is 405. The molecule has 0 aromatic carbocycles. The Kier molecular flexibility index (Phi) is 2.83. The summed E-state index contributed by atoms with van der Waals surface area (Å²) >= 11 is 6.97. The van der Waals surface area contributed by atoms with E-state index in [4.69, 9.17) is 5.73 Å². The molecular formula is C9H8BrNS2. The van der Waals surface area contributed by atoms with E-state index in [0.717, 1.165) is 0 Å². The minimum Gasteiger partial charge on any atom is -0.326 e. The Hall–Kier alpha value is -0.160. The number of halogens is 1. The zero-order valence-electron chi connectivity index (χ0n) is 6.79. The average molecular weight is 274 g/mol. The maximum atomic E-state index is 5.55. The Morgan fingerprint density at radius 1 is 1.08 bits per heavy atom. The minimum atomic E-state index is 0.636. The zero-order valence-corrected chi connectivity index (χ0v) is 10.0. The maximum absolute atomic E-state index is 5.55. The predicted molar refractivity (Wildman–Crippen MR) is 63.2 cm³/mol. The number of hydrogen-bond acceptors (Lipinski definition) is 3. The molecule has 0 aliphatic carbocycles. The van der Waals surface area contributed by atoms with Crippen LogP contribution in [0.5, 0.6) is 0 Å². The molecule has 2 aromatic heterocycles. The van der Waals surface area contributed by atoms with E-state index < -0.39 is 0 Å². The molecule has 0 radical (unpaired) electrons. The van der Waals surface area contributed by atoms with Gasteiger partial charge in [0.2, 0.25) is 0 Å². The molecule has 2 rings (SSSR count). The molecule has 0 unspecified atom stereocenters. The molecule has 0 spiro atoms. The standard InChI is InChI=1S/C9H8BrNS2/c10-9-4-3-8(13-9)7-2-1-6(5-11)12-7/h1-4H,5,11H2. The average Bonchev–Trinajstić information content (AvgIpc) is 2.71. The van der Waals surface area contributed by atoms with Crippen LogP contribution in [0.1, 0.15) is 4.88 Å². The lowest BCUT2D eigenvalue weighted by atomic mass is 10.4. The molecular weight excluding hydrogens is 266 g/mol. The molecule has 0 saturated carbocycles. The number of hydrogen-bond donors (Lipinski definition) is 1. The third kappa shape index (κ3) is 2.02. The summed E-state index contributed by atoms with van der Waals surface area (Å²) in [5, 5.41) is 0. The minimum absolute atomic E-state index is 0.636. The van der Waals surface area contributed by atoms with Gasteiger partial charge in [0.15, 0.2) is 0 Å². The molecule has 68 valence electrons. The van der Waals surface area contributed by atoms with Crippen LogP contribution in [0.25, 0.3) is 9.75 Å². The van der Waals surface area contributed by atoms with Crippen LogP contribution in [0.4, 0.5) is 0 Å². The van der Waals surface area contributed by atoms with Gasteiger partial charge >= 0.3 is 0 Å². The molecule has 0 aliphatic heterocycles. The van der Waals surface area contributed by atoms with E-state index in [1.54, 1.807) is 22.7 Å². The molecule has 0 bridgehead atoms. The second-order valence-corrected chi connectivity index (χ2v) is 6.21.